The molecule has 1 fully saturated rings. The van der Waals surface area contributed by atoms with Gasteiger partial charge in [-0.25, -0.2) is 9.59 Å². The lowest BCUT2D eigenvalue weighted by Crippen LogP contribution is -2.47. The quantitative estimate of drug-likeness (QED) is 0.831. The molecule has 7 nitrogen and oxygen atoms in total. The van der Waals surface area contributed by atoms with Crippen LogP contribution in [0, 0.1) is 11.3 Å². The first-order valence-corrected chi connectivity index (χ1v) is 6.39. The number of likely N-dealkylation sites (tertiary alicyclic amines) is 1. The SMILES string of the molecule is CN(C(=O)N1CC(O)C[C@H]1C(=O)O)c1cccc(C#N)c1. The summed E-state index contributed by atoms with van der Waals surface area (Å²) in [6.07, 6.45) is -0.818. The van der Waals surface area contributed by atoms with Gasteiger partial charge in [0.2, 0.25) is 0 Å². The Bertz CT molecular complexity index is 610. The predicted octanol–water partition coefficient (Wildman–Crippen LogP) is 0.634. The molecular formula is C14H15N3O4. The number of amides is 2. The molecule has 0 saturated carbocycles. The van der Waals surface area contributed by atoms with Gasteiger partial charge in [-0.05, 0) is 18.2 Å². The van der Waals surface area contributed by atoms with Gasteiger partial charge in [0, 0.05) is 25.7 Å². The van der Waals surface area contributed by atoms with Crippen LogP contribution in [0.4, 0.5) is 10.5 Å². The van der Waals surface area contributed by atoms with E-state index in [0.29, 0.717) is 11.3 Å². The minimum atomic E-state index is -1.14. The fourth-order valence-electron chi connectivity index (χ4n) is 2.35. The van der Waals surface area contributed by atoms with Gasteiger partial charge in [-0.15, -0.1) is 0 Å². The predicted molar refractivity (Wildman–Crippen MR) is 73.7 cm³/mol. The van der Waals surface area contributed by atoms with Crippen LogP contribution in [0.25, 0.3) is 0 Å². The van der Waals surface area contributed by atoms with E-state index in [1.54, 1.807) is 24.3 Å². The topological polar surface area (TPSA) is 105 Å². The van der Waals surface area contributed by atoms with E-state index in [1.165, 1.54) is 11.9 Å². The number of rotatable bonds is 2. The van der Waals surface area contributed by atoms with Gasteiger partial charge >= 0.3 is 12.0 Å². The summed E-state index contributed by atoms with van der Waals surface area (Å²) in [5.74, 6) is -1.14. The number of anilines is 1. The number of carboxylic acid groups (broad SMARTS) is 1. The molecule has 1 aliphatic heterocycles. The number of urea groups is 1. The number of benzene rings is 1. The summed E-state index contributed by atoms with van der Waals surface area (Å²) in [6, 6.07) is 6.88. The molecule has 2 atom stereocenters. The molecular weight excluding hydrogens is 274 g/mol. The zero-order valence-corrected chi connectivity index (χ0v) is 11.4. The molecule has 1 unspecified atom stereocenters. The van der Waals surface area contributed by atoms with E-state index in [-0.39, 0.29) is 13.0 Å². The van der Waals surface area contributed by atoms with Crippen LogP contribution in [0.2, 0.25) is 0 Å². The van der Waals surface area contributed by atoms with Crippen molar-refractivity contribution in [1.82, 2.24) is 4.90 Å². The minimum absolute atomic E-state index is 0.0158. The Kier molecular flexibility index (Phi) is 4.10. The maximum atomic E-state index is 12.4. The van der Waals surface area contributed by atoms with Crippen molar-refractivity contribution in [2.24, 2.45) is 0 Å². The van der Waals surface area contributed by atoms with Gasteiger partial charge < -0.3 is 15.1 Å². The van der Waals surface area contributed by atoms with E-state index < -0.39 is 24.1 Å². The van der Waals surface area contributed by atoms with Crippen LogP contribution in [0.3, 0.4) is 0 Å². The van der Waals surface area contributed by atoms with E-state index >= 15 is 0 Å². The Balaban J connectivity index is 2.22. The van der Waals surface area contributed by atoms with Gasteiger partial charge in [0.25, 0.3) is 0 Å². The Morgan fingerprint density at radius 2 is 2.19 bits per heavy atom. The number of carbonyl (C=O) groups is 2. The number of carbonyl (C=O) groups excluding carboxylic acids is 1. The van der Waals surface area contributed by atoms with Crippen LogP contribution in [0.1, 0.15) is 12.0 Å². The fourth-order valence-corrected chi connectivity index (χ4v) is 2.35. The molecule has 2 rings (SSSR count). The summed E-state index contributed by atoms with van der Waals surface area (Å²) < 4.78 is 0. The maximum absolute atomic E-state index is 12.4. The van der Waals surface area contributed by atoms with Crippen LogP contribution in [0.15, 0.2) is 24.3 Å². The first-order chi connectivity index (χ1) is 9.93. The number of carboxylic acids is 1. The number of aliphatic hydroxyl groups is 1. The molecule has 2 amide bonds. The zero-order valence-electron chi connectivity index (χ0n) is 11.4. The number of nitriles is 1. The van der Waals surface area contributed by atoms with E-state index in [0.717, 1.165) is 4.90 Å². The lowest BCUT2D eigenvalue weighted by molar-refractivity contribution is -0.141. The first-order valence-electron chi connectivity index (χ1n) is 6.39. The van der Waals surface area contributed by atoms with E-state index in [9.17, 15) is 14.7 Å². The van der Waals surface area contributed by atoms with Crippen molar-refractivity contribution in [2.75, 3.05) is 18.5 Å². The third-order valence-electron chi connectivity index (χ3n) is 3.46. The van der Waals surface area contributed by atoms with Crippen LogP contribution < -0.4 is 4.90 Å². The third-order valence-corrected chi connectivity index (χ3v) is 3.46. The average Bonchev–Trinajstić information content (AvgIpc) is 2.88. The number of aliphatic hydroxyl groups excluding tert-OH is 1. The highest BCUT2D eigenvalue weighted by Gasteiger charge is 2.40. The van der Waals surface area contributed by atoms with Crippen molar-refractivity contribution < 1.29 is 19.8 Å². The highest BCUT2D eigenvalue weighted by molar-refractivity contribution is 5.94. The molecule has 110 valence electrons. The van der Waals surface area contributed by atoms with Crippen LogP contribution in [-0.4, -0.2) is 52.9 Å². The summed E-state index contributed by atoms with van der Waals surface area (Å²) in [5, 5.41) is 27.6. The van der Waals surface area contributed by atoms with Crippen molar-refractivity contribution in [3.63, 3.8) is 0 Å². The molecule has 0 aromatic heterocycles. The Morgan fingerprint density at radius 1 is 1.48 bits per heavy atom. The third kappa shape index (κ3) is 2.95. The second-order valence-corrected chi connectivity index (χ2v) is 4.90. The number of aliphatic carboxylic acids is 1. The molecule has 0 aliphatic carbocycles. The Labute approximate surface area is 121 Å². The summed E-state index contributed by atoms with van der Waals surface area (Å²) in [5.41, 5.74) is 0.896. The normalized spacial score (nSPS) is 20.9. The number of hydrogen-bond donors (Lipinski definition) is 2. The summed E-state index contributed by atoms with van der Waals surface area (Å²) in [4.78, 5) is 26.0. The lowest BCUT2D eigenvalue weighted by Gasteiger charge is -2.27. The van der Waals surface area contributed by atoms with Gasteiger partial charge in [0.1, 0.15) is 6.04 Å². The molecule has 0 bridgehead atoms. The first kappa shape index (κ1) is 14.8. The molecule has 1 saturated heterocycles. The Hall–Kier alpha value is -2.59. The van der Waals surface area contributed by atoms with Gasteiger partial charge in [-0.2, -0.15) is 5.26 Å². The molecule has 2 N–H and O–H groups in total. The molecule has 7 heteroatoms. The fraction of sp³-hybridized carbons (Fsp3) is 0.357. The average molecular weight is 289 g/mol. The second-order valence-electron chi connectivity index (χ2n) is 4.90. The highest BCUT2D eigenvalue weighted by atomic mass is 16.4. The van der Waals surface area contributed by atoms with Crippen molar-refractivity contribution in [2.45, 2.75) is 18.6 Å². The van der Waals surface area contributed by atoms with E-state index in [1.807, 2.05) is 6.07 Å². The van der Waals surface area contributed by atoms with Crippen LogP contribution >= 0.6 is 0 Å². The van der Waals surface area contributed by atoms with Crippen LogP contribution in [-0.2, 0) is 4.79 Å². The standard InChI is InChI=1S/C14H15N3O4/c1-16(10-4-2-3-9(5-10)7-15)14(21)17-8-11(18)6-12(17)13(19)20/h2-5,11-12,18H,6,8H2,1H3,(H,19,20)/t11?,12-/m0/s1. The lowest BCUT2D eigenvalue weighted by atomic mass is 10.2. The van der Waals surface area contributed by atoms with Gasteiger partial charge in [0.15, 0.2) is 0 Å². The van der Waals surface area contributed by atoms with Gasteiger partial charge in [-0.3, -0.25) is 4.90 Å². The monoisotopic (exact) mass is 289 g/mol. The Morgan fingerprint density at radius 3 is 2.81 bits per heavy atom. The minimum Gasteiger partial charge on any atom is -0.480 e. The largest absolute Gasteiger partial charge is 0.480 e. The molecule has 21 heavy (non-hydrogen) atoms. The number of hydrogen-bond acceptors (Lipinski definition) is 4. The number of β-amino-alcohol motifs (C(OH)–C–C–N with tert-alkyl or cyclic N) is 1. The summed E-state index contributed by atoms with van der Waals surface area (Å²) in [6.45, 7) is -0.0158. The zero-order chi connectivity index (χ0) is 15.6. The molecule has 1 aromatic rings. The molecule has 1 aromatic carbocycles. The molecule has 0 radical (unpaired) electrons. The van der Waals surface area contributed by atoms with Crippen molar-refractivity contribution >= 4 is 17.7 Å². The summed E-state index contributed by atoms with van der Waals surface area (Å²) >= 11 is 0. The van der Waals surface area contributed by atoms with Gasteiger partial charge in [0.05, 0.1) is 17.7 Å². The van der Waals surface area contributed by atoms with Crippen molar-refractivity contribution in [3.8, 4) is 6.07 Å². The molecule has 1 aliphatic rings. The van der Waals surface area contributed by atoms with Gasteiger partial charge in [-0.1, -0.05) is 6.07 Å². The summed E-state index contributed by atoms with van der Waals surface area (Å²) in [7, 11) is 1.50. The van der Waals surface area contributed by atoms with E-state index in [2.05, 4.69) is 0 Å². The van der Waals surface area contributed by atoms with Crippen molar-refractivity contribution in [3.05, 3.63) is 29.8 Å². The molecule has 0 spiro atoms. The highest BCUT2D eigenvalue weighted by Crippen LogP contribution is 2.22. The number of nitrogens with zero attached hydrogens (tertiary/aromatic N) is 3. The van der Waals surface area contributed by atoms with Crippen molar-refractivity contribution in [1.29, 1.82) is 5.26 Å². The maximum Gasteiger partial charge on any atom is 0.326 e. The van der Waals surface area contributed by atoms with Crippen LogP contribution in [0.5, 0.6) is 0 Å². The molecule has 1 heterocycles. The second kappa shape index (κ2) is 5.81. The van der Waals surface area contributed by atoms with E-state index in [4.69, 9.17) is 10.4 Å². The smallest absolute Gasteiger partial charge is 0.326 e.